The Bertz CT molecular complexity index is 856. The Morgan fingerprint density at radius 1 is 1.24 bits per heavy atom. The minimum atomic E-state index is 0.195. The Kier molecular flexibility index (Phi) is 7.77. The number of anilines is 2. The molecule has 2 aromatic rings. The first-order chi connectivity index (χ1) is 14.1. The summed E-state index contributed by atoms with van der Waals surface area (Å²) >= 11 is 7.23. The van der Waals surface area contributed by atoms with Gasteiger partial charge in [-0.3, -0.25) is 4.79 Å². The zero-order chi connectivity index (χ0) is 20.6. The molecule has 29 heavy (non-hydrogen) atoms. The maximum atomic E-state index is 12.1. The highest BCUT2D eigenvalue weighted by Gasteiger charge is 2.23. The summed E-state index contributed by atoms with van der Waals surface area (Å²) in [7, 11) is 1.67. The van der Waals surface area contributed by atoms with Crippen LogP contribution in [0.5, 0.6) is 5.75 Å². The summed E-state index contributed by atoms with van der Waals surface area (Å²) in [5, 5.41) is 7.08. The fraction of sp³-hybridized carbons (Fsp3) is 0.364. The molecule has 1 fully saturated rings. The molecule has 3 rings (SSSR count). The van der Waals surface area contributed by atoms with Gasteiger partial charge in [-0.2, -0.15) is 0 Å². The summed E-state index contributed by atoms with van der Waals surface area (Å²) < 4.78 is 5.18. The molecule has 0 aromatic heterocycles. The van der Waals surface area contributed by atoms with Gasteiger partial charge in [0.05, 0.1) is 7.11 Å². The highest BCUT2D eigenvalue weighted by molar-refractivity contribution is 7.99. The smallest absolute Gasteiger partial charge is 0.227 e. The molecular formula is C22H27N3O2S2. The van der Waals surface area contributed by atoms with Crippen molar-refractivity contribution in [3.63, 3.8) is 0 Å². The van der Waals surface area contributed by atoms with E-state index >= 15 is 0 Å². The molecule has 1 aliphatic heterocycles. The fourth-order valence-corrected chi connectivity index (χ4v) is 4.26. The van der Waals surface area contributed by atoms with Crippen LogP contribution in [0.1, 0.15) is 24.8 Å². The average Bonchev–Trinajstić information content (AvgIpc) is 3.15. The zero-order valence-corrected chi connectivity index (χ0v) is 18.5. The molecule has 1 amide bonds. The van der Waals surface area contributed by atoms with E-state index in [9.17, 15) is 4.79 Å². The molecule has 7 heteroatoms. The molecule has 0 saturated carbocycles. The van der Waals surface area contributed by atoms with Crippen LogP contribution in [-0.4, -0.2) is 37.0 Å². The molecule has 1 heterocycles. The van der Waals surface area contributed by atoms with E-state index in [4.69, 9.17) is 17.0 Å². The highest BCUT2D eigenvalue weighted by Crippen LogP contribution is 2.28. The van der Waals surface area contributed by atoms with Crippen LogP contribution in [0.2, 0.25) is 0 Å². The number of hydrogen-bond donors (Lipinski definition) is 2. The SMILES string of the molecule is COc1ccc(SCCCNC(=S)Nc2ccc(C)c(N3CCCC3=O)c2)cc1. The third-order valence-corrected chi connectivity index (χ3v) is 6.11. The van der Waals surface area contributed by atoms with Gasteiger partial charge in [0.15, 0.2) is 5.11 Å². The number of nitrogens with zero attached hydrogens (tertiary/aromatic N) is 1. The third kappa shape index (κ3) is 6.11. The van der Waals surface area contributed by atoms with Crippen LogP contribution in [0.4, 0.5) is 11.4 Å². The van der Waals surface area contributed by atoms with E-state index in [-0.39, 0.29) is 5.91 Å². The van der Waals surface area contributed by atoms with Crippen molar-refractivity contribution < 1.29 is 9.53 Å². The fourth-order valence-electron chi connectivity index (χ4n) is 3.19. The van der Waals surface area contributed by atoms with Crippen molar-refractivity contribution in [2.75, 3.05) is 36.2 Å². The van der Waals surface area contributed by atoms with E-state index < -0.39 is 0 Å². The second-order valence-corrected chi connectivity index (χ2v) is 8.49. The lowest BCUT2D eigenvalue weighted by atomic mass is 10.1. The van der Waals surface area contributed by atoms with Crippen molar-refractivity contribution >= 4 is 46.4 Å². The molecular weight excluding hydrogens is 402 g/mol. The van der Waals surface area contributed by atoms with Gasteiger partial charge >= 0.3 is 0 Å². The van der Waals surface area contributed by atoms with Crippen LogP contribution in [-0.2, 0) is 4.79 Å². The van der Waals surface area contributed by atoms with E-state index in [1.807, 2.05) is 53.9 Å². The Balaban J connectivity index is 1.41. The van der Waals surface area contributed by atoms with Gasteiger partial charge < -0.3 is 20.3 Å². The molecule has 154 valence electrons. The molecule has 0 radical (unpaired) electrons. The van der Waals surface area contributed by atoms with Crippen LogP contribution in [0.15, 0.2) is 47.4 Å². The van der Waals surface area contributed by atoms with Gasteiger partial charge in [0.1, 0.15) is 5.75 Å². The monoisotopic (exact) mass is 429 g/mol. The van der Waals surface area contributed by atoms with Crippen molar-refractivity contribution in [3.8, 4) is 5.75 Å². The van der Waals surface area contributed by atoms with Crippen LogP contribution in [0.25, 0.3) is 0 Å². The number of ether oxygens (including phenoxy) is 1. The number of benzene rings is 2. The van der Waals surface area contributed by atoms with Crippen molar-refractivity contribution in [2.45, 2.75) is 31.1 Å². The number of methoxy groups -OCH3 is 1. The van der Waals surface area contributed by atoms with Crippen LogP contribution in [0, 0.1) is 6.92 Å². The zero-order valence-electron chi connectivity index (χ0n) is 16.9. The largest absolute Gasteiger partial charge is 0.497 e. The molecule has 5 nitrogen and oxygen atoms in total. The first-order valence-electron chi connectivity index (χ1n) is 9.79. The van der Waals surface area contributed by atoms with E-state index in [1.165, 1.54) is 4.90 Å². The standard InChI is InChI=1S/C22H27N3O2S2/c1-16-6-7-17(15-20(16)25-13-3-5-21(25)26)24-22(28)23-12-4-14-29-19-10-8-18(27-2)9-11-19/h6-11,15H,3-5,12-14H2,1-2H3,(H2,23,24,28). The number of aryl methyl sites for hydroxylation is 1. The Labute approximate surface area is 182 Å². The number of amides is 1. The van der Waals surface area contributed by atoms with Gasteiger partial charge in [0.25, 0.3) is 0 Å². The number of hydrogen-bond acceptors (Lipinski definition) is 4. The predicted octanol–water partition coefficient (Wildman–Crippen LogP) is 4.60. The maximum absolute atomic E-state index is 12.1. The summed E-state index contributed by atoms with van der Waals surface area (Å²) in [6.07, 6.45) is 2.55. The van der Waals surface area contributed by atoms with Crippen LogP contribution >= 0.6 is 24.0 Å². The minimum Gasteiger partial charge on any atom is -0.497 e. The predicted molar refractivity (Wildman–Crippen MR) is 125 cm³/mol. The van der Waals surface area contributed by atoms with E-state index in [1.54, 1.807) is 7.11 Å². The van der Waals surface area contributed by atoms with Gasteiger partial charge in [-0.05, 0) is 79.7 Å². The molecule has 1 aliphatic rings. The molecule has 2 N–H and O–H groups in total. The molecule has 0 spiro atoms. The number of nitrogens with one attached hydrogen (secondary N) is 2. The van der Waals surface area contributed by atoms with Gasteiger partial charge in [-0.1, -0.05) is 6.07 Å². The number of thioether (sulfide) groups is 1. The molecule has 1 saturated heterocycles. The average molecular weight is 430 g/mol. The number of carbonyl (C=O) groups is 1. The van der Waals surface area contributed by atoms with Gasteiger partial charge in [0.2, 0.25) is 5.91 Å². The number of thiocarbonyl (C=S) groups is 1. The van der Waals surface area contributed by atoms with E-state index in [2.05, 4.69) is 22.8 Å². The lowest BCUT2D eigenvalue weighted by Crippen LogP contribution is -2.30. The van der Waals surface area contributed by atoms with Gasteiger partial charge in [-0.25, -0.2) is 0 Å². The topological polar surface area (TPSA) is 53.6 Å². The lowest BCUT2D eigenvalue weighted by Gasteiger charge is -2.20. The van der Waals surface area contributed by atoms with E-state index in [0.29, 0.717) is 11.5 Å². The summed E-state index contributed by atoms with van der Waals surface area (Å²) in [6, 6.07) is 14.1. The minimum absolute atomic E-state index is 0.195. The van der Waals surface area contributed by atoms with Gasteiger partial charge in [-0.15, -0.1) is 11.8 Å². The van der Waals surface area contributed by atoms with Crippen molar-refractivity contribution in [2.24, 2.45) is 0 Å². The number of rotatable bonds is 8. The van der Waals surface area contributed by atoms with E-state index in [0.717, 1.165) is 54.4 Å². The first-order valence-corrected chi connectivity index (χ1v) is 11.2. The quantitative estimate of drug-likeness (QED) is 0.363. The highest BCUT2D eigenvalue weighted by atomic mass is 32.2. The second-order valence-electron chi connectivity index (χ2n) is 6.91. The Morgan fingerprint density at radius 3 is 2.72 bits per heavy atom. The molecule has 2 aromatic carbocycles. The molecule has 0 atom stereocenters. The summed E-state index contributed by atoms with van der Waals surface area (Å²) in [4.78, 5) is 15.2. The summed E-state index contributed by atoms with van der Waals surface area (Å²) in [6.45, 7) is 3.62. The summed E-state index contributed by atoms with van der Waals surface area (Å²) in [5.74, 6) is 2.08. The third-order valence-electron chi connectivity index (χ3n) is 4.77. The molecule has 0 unspecified atom stereocenters. The molecule has 0 aliphatic carbocycles. The van der Waals surface area contributed by atoms with Crippen LogP contribution < -0.4 is 20.3 Å². The molecule has 0 bridgehead atoms. The number of carbonyl (C=O) groups excluding carboxylic acids is 1. The first kappa shape index (κ1) is 21.5. The van der Waals surface area contributed by atoms with Gasteiger partial charge in [0, 0.05) is 35.8 Å². The second kappa shape index (κ2) is 10.5. The van der Waals surface area contributed by atoms with Crippen molar-refractivity contribution in [1.29, 1.82) is 0 Å². The Morgan fingerprint density at radius 2 is 2.03 bits per heavy atom. The van der Waals surface area contributed by atoms with Crippen LogP contribution in [0.3, 0.4) is 0 Å². The van der Waals surface area contributed by atoms with Crippen molar-refractivity contribution in [3.05, 3.63) is 48.0 Å². The summed E-state index contributed by atoms with van der Waals surface area (Å²) in [5.41, 5.74) is 2.96. The maximum Gasteiger partial charge on any atom is 0.227 e. The van der Waals surface area contributed by atoms with Crippen molar-refractivity contribution in [1.82, 2.24) is 5.32 Å². The normalized spacial score (nSPS) is 13.4. The lowest BCUT2D eigenvalue weighted by molar-refractivity contribution is -0.117. The Hall–Kier alpha value is -2.25.